The van der Waals surface area contributed by atoms with Crippen molar-refractivity contribution in [3.8, 4) is 0 Å². The van der Waals surface area contributed by atoms with Gasteiger partial charge in [0.2, 0.25) is 0 Å². The molecule has 0 spiro atoms. The Kier molecular flexibility index (Phi) is 5.05. The molecular weight excluding hydrogens is 245 g/mol. The molecule has 104 valence electrons. The maximum absolute atomic E-state index is 12.8. The Morgan fingerprint density at radius 1 is 1.42 bits per heavy atom. The van der Waals surface area contributed by atoms with E-state index in [1.54, 1.807) is 0 Å². The fraction of sp³-hybridized carbons (Fsp3) is 0.533. The van der Waals surface area contributed by atoms with E-state index in [2.05, 4.69) is 4.90 Å². The molecule has 0 aromatic heterocycles. The van der Waals surface area contributed by atoms with E-state index >= 15 is 0 Å². The van der Waals surface area contributed by atoms with E-state index in [0.29, 0.717) is 24.6 Å². The average Bonchev–Trinajstić information content (AvgIpc) is 2.89. The summed E-state index contributed by atoms with van der Waals surface area (Å²) in [6.07, 6.45) is 3.00. The molecule has 0 radical (unpaired) electrons. The first kappa shape index (κ1) is 14.2. The summed E-state index contributed by atoms with van der Waals surface area (Å²) >= 11 is 0. The SMILES string of the molecule is CN(CCC(=O)c1ccc(F)cc1)CC1CCCO1. The van der Waals surface area contributed by atoms with Crippen LogP contribution in [0.25, 0.3) is 0 Å². The molecule has 0 bridgehead atoms. The first-order valence-corrected chi connectivity index (χ1v) is 6.74. The van der Waals surface area contributed by atoms with Gasteiger partial charge in [-0.1, -0.05) is 0 Å². The molecule has 0 amide bonds. The molecule has 1 aliphatic heterocycles. The number of hydrogen-bond donors (Lipinski definition) is 0. The highest BCUT2D eigenvalue weighted by Crippen LogP contribution is 2.13. The molecule has 3 nitrogen and oxygen atoms in total. The van der Waals surface area contributed by atoms with Crippen LogP contribution >= 0.6 is 0 Å². The van der Waals surface area contributed by atoms with Gasteiger partial charge in [-0.25, -0.2) is 4.39 Å². The fourth-order valence-corrected chi connectivity index (χ4v) is 2.30. The largest absolute Gasteiger partial charge is 0.377 e. The lowest BCUT2D eigenvalue weighted by Gasteiger charge is -2.19. The minimum atomic E-state index is -0.313. The van der Waals surface area contributed by atoms with Crippen LogP contribution in [-0.4, -0.2) is 43.5 Å². The summed E-state index contributed by atoms with van der Waals surface area (Å²) in [5.41, 5.74) is 0.576. The van der Waals surface area contributed by atoms with Crippen LogP contribution in [0, 0.1) is 5.82 Å². The van der Waals surface area contributed by atoms with E-state index in [-0.39, 0.29) is 11.6 Å². The lowest BCUT2D eigenvalue weighted by molar-refractivity contribution is 0.0778. The fourth-order valence-electron chi connectivity index (χ4n) is 2.30. The summed E-state index contributed by atoms with van der Waals surface area (Å²) in [6.45, 7) is 2.43. The maximum Gasteiger partial charge on any atom is 0.164 e. The smallest absolute Gasteiger partial charge is 0.164 e. The van der Waals surface area contributed by atoms with Crippen LogP contribution in [0.3, 0.4) is 0 Å². The zero-order valence-corrected chi connectivity index (χ0v) is 11.3. The van der Waals surface area contributed by atoms with Crippen LogP contribution < -0.4 is 0 Å². The maximum atomic E-state index is 12.8. The standard InChI is InChI=1S/C15H20FNO2/c1-17(11-14-3-2-10-19-14)9-8-15(18)12-4-6-13(16)7-5-12/h4-7,14H,2-3,8-11H2,1H3. The Balaban J connectivity index is 1.74. The van der Waals surface area contributed by atoms with Crippen molar-refractivity contribution < 1.29 is 13.9 Å². The molecule has 1 aromatic carbocycles. The van der Waals surface area contributed by atoms with Gasteiger partial charge in [0.15, 0.2) is 5.78 Å². The van der Waals surface area contributed by atoms with E-state index in [9.17, 15) is 9.18 Å². The van der Waals surface area contributed by atoms with Gasteiger partial charge in [-0.2, -0.15) is 0 Å². The third-order valence-electron chi connectivity index (χ3n) is 3.43. The molecule has 19 heavy (non-hydrogen) atoms. The number of carbonyl (C=O) groups is 1. The molecule has 1 aromatic rings. The first-order valence-electron chi connectivity index (χ1n) is 6.74. The number of ketones is 1. The summed E-state index contributed by atoms with van der Waals surface area (Å²) in [4.78, 5) is 14.0. The molecule has 0 saturated carbocycles. The third kappa shape index (κ3) is 4.40. The zero-order chi connectivity index (χ0) is 13.7. The normalized spacial score (nSPS) is 19.0. The minimum Gasteiger partial charge on any atom is -0.377 e. The molecule has 1 atom stereocenters. The molecule has 1 aliphatic rings. The van der Waals surface area contributed by atoms with Crippen molar-refractivity contribution in [2.45, 2.75) is 25.4 Å². The van der Waals surface area contributed by atoms with Crippen molar-refractivity contribution in [3.63, 3.8) is 0 Å². The molecule has 1 heterocycles. The van der Waals surface area contributed by atoms with Gasteiger partial charge in [0.1, 0.15) is 5.82 Å². The van der Waals surface area contributed by atoms with Crippen LogP contribution in [0.1, 0.15) is 29.6 Å². The molecule has 4 heteroatoms. The van der Waals surface area contributed by atoms with Crippen molar-refractivity contribution in [1.29, 1.82) is 0 Å². The molecule has 0 aliphatic carbocycles. The number of likely N-dealkylation sites (N-methyl/N-ethyl adjacent to an activating group) is 1. The Bertz CT molecular complexity index is 413. The predicted octanol–water partition coefficient (Wildman–Crippen LogP) is 2.51. The van der Waals surface area contributed by atoms with E-state index < -0.39 is 0 Å². The van der Waals surface area contributed by atoms with Gasteiger partial charge in [-0.15, -0.1) is 0 Å². The Labute approximate surface area is 113 Å². The van der Waals surface area contributed by atoms with E-state index in [0.717, 1.165) is 26.0 Å². The van der Waals surface area contributed by atoms with E-state index in [1.165, 1.54) is 24.3 Å². The van der Waals surface area contributed by atoms with E-state index in [1.807, 2.05) is 7.05 Å². The highest BCUT2D eigenvalue weighted by Gasteiger charge is 2.17. The first-order chi connectivity index (χ1) is 9.15. The molecule has 1 saturated heterocycles. The van der Waals surface area contributed by atoms with Gasteiger partial charge in [0.25, 0.3) is 0 Å². The second-order valence-corrected chi connectivity index (χ2v) is 5.08. The second-order valence-electron chi connectivity index (χ2n) is 5.08. The summed E-state index contributed by atoms with van der Waals surface area (Å²) in [7, 11) is 2.00. The summed E-state index contributed by atoms with van der Waals surface area (Å²) < 4.78 is 18.3. The van der Waals surface area contributed by atoms with Crippen LogP contribution in [0.15, 0.2) is 24.3 Å². The van der Waals surface area contributed by atoms with Gasteiger partial charge < -0.3 is 9.64 Å². The number of Topliss-reactive ketones (excluding diaryl/α,β-unsaturated/α-hetero) is 1. The molecule has 1 fully saturated rings. The van der Waals surface area contributed by atoms with Crippen LogP contribution in [0.5, 0.6) is 0 Å². The quantitative estimate of drug-likeness (QED) is 0.740. The predicted molar refractivity (Wildman–Crippen MR) is 71.8 cm³/mol. The molecular formula is C15H20FNO2. The molecule has 2 rings (SSSR count). The van der Waals surface area contributed by atoms with Gasteiger partial charge in [-0.05, 0) is 44.2 Å². The Morgan fingerprint density at radius 3 is 2.79 bits per heavy atom. The zero-order valence-electron chi connectivity index (χ0n) is 11.3. The monoisotopic (exact) mass is 265 g/mol. The molecule has 0 N–H and O–H groups in total. The highest BCUT2D eigenvalue weighted by molar-refractivity contribution is 5.96. The van der Waals surface area contributed by atoms with E-state index in [4.69, 9.17) is 4.74 Å². The van der Waals surface area contributed by atoms with Crippen molar-refractivity contribution in [2.75, 3.05) is 26.7 Å². The summed E-state index contributed by atoms with van der Waals surface area (Å²) in [5, 5.41) is 0. The van der Waals surface area contributed by atoms with Crippen molar-refractivity contribution in [1.82, 2.24) is 4.90 Å². The topological polar surface area (TPSA) is 29.5 Å². The summed E-state index contributed by atoms with van der Waals surface area (Å²) in [5.74, 6) is -0.258. The Morgan fingerprint density at radius 2 is 2.16 bits per heavy atom. The number of benzene rings is 1. The van der Waals surface area contributed by atoms with Crippen molar-refractivity contribution in [2.24, 2.45) is 0 Å². The highest BCUT2D eigenvalue weighted by atomic mass is 19.1. The van der Waals surface area contributed by atoms with Crippen molar-refractivity contribution >= 4 is 5.78 Å². The Hall–Kier alpha value is -1.26. The van der Waals surface area contributed by atoms with Crippen LogP contribution in [-0.2, 0) is 4.74 Å². The number of ether oxygens (including phenoxy) is 1. The second kappa shape index (κ2) is 6.78. The van der Waals surface area contributed by atoms with Gasteiger partial charge >= 0.3 is 0 Å². The molecule has 1 unspecified atom stereocenters. The lowest BCUT2D eigenvalue weighted by atomic mass is 10.1. The van der Waals surface area contributed by atoms with Crippen LogP contribution in [0.4, 0.5) is 4.39 Å². The average molecular weight is 265 g/mol. The number of halogens is 1. The van der Waals surface area contributed by atoms with Crippen LogP contribution in [0.2, 0.25) is 0 Å². The third-order valence-corrected chi connectivity index (χ3v) is 3.43. The van der Waals surface area contributed by atoms with Crippen molar-refractivity contribution in [3.05, 3.63) is 35.6 Å². The minimum absolute atomic E-state index is 0.0548. The number of nitrogens with zero attached hydrogens (tertiary/aromatic N) is 1. The van der Waals surface area contributed by atoms with Gasteiger partial charge in [-0.3, -0.25) is 4.79 Å². The number of carbonyl (C=O) groups excluding carboxylic acids is 1. The number of rotatable bonds is 6. The summed E-state index contributed by atoms with van der Waals surface area (Å²) in [6, 6.07) is 5.72. The lowest BCUT2D eigenvalue weighted by Crippen LogP contribution is -2.30. The van der Waals surface area contributed by atoms with Gasteiger partial charge in [0, 0.05) is 31.7 Å². The van der Waals surface area contributed by atoms with Gasteiger partial charge in [0.05, 0.1) is 6.10 Å². The number of hydrogen-bond acceptors (Lipinski definition) is 3.